The molecule has 2 aliphatic heterocycles. The minimum Gasteiger partial charge on any atom is -0.360 e. The van der Waals surface area contributed by atoms with E-state index < -0.39 is 6.04 Å². The van der Waals surface area contributed by atoms with Crippen molar-refractivity contribution in [1.82, 2.24) is 10.3 Å². The number of nitrogens with one attached hydrogen (secondary N) is 2. The van der Waals surface area contributed by atoms with Crippen LogP contribution in [0.15, 0.2) is 53.6 Å². The Bertz CT molecular complexity index is 849. The number of anilines is 1. The van der Waals surface area contributed by atoms with Crippen LogP contribution < -0.4 is 10.6 Å². The molecule has 0 bridgehead atoms. The van der Waals surface area contributed by atoms with E-state index in [9.17, 15) is 4.79 Å². The molecule has 0 spiro atoms. The molecule has 2 aliphatic rings. The number of hydrogen-bond donors (Lipinski definition) is 2. The summed E-state index contributed by atoms with van der Waals surface area (Å²) in [4.78, 5) is 12.9. The molecule has 134 valence electrons. The van der Waals surface area contributed by atoms with Gasteiger partial charge in [0.15, 0.2) is 11.2 Å². The van der Waals surface area contributed by atoms with Gasteiger partial charge in [-0.15, -0.1) is 5.10 Å². The molecule has 2 N–H and O–H groups in total. The third kappa shape index (κ3) is 2.94. The molecule has 0 aromatic heterocycles. The molecular formula is C20H22N4OS. The molecule has 0 aliphatic carbocycles. The normalized spacial score (nSPS) is 21.2. The van der Waals surface area contributed by atoms with Gasteiger partial charge in [-0.2, -0.15) is 0 Å². The van der Waals surface area contributed by atoms with Crippen LogP contribution in [0.2, 0.25) is 0 Å². The Hall–Kier alpha value is -2.47. The standard InChI is InChI=1S/C20H22N4OS/c1-3-13-9-11-14(12-10-13)18-21-16-8-6-5-7-15(16)17-19(25)22-20(26-4-2)23-24(17)18/h5-12,17-18,21H,3-4H2,1-2H3,(H,22,23,25)/t17-,18-/m1/s1. The monoisotopic (exact) mass is 366 g/mol. The van der Waals surface area contributed by atoms with E-state index in [0.717, 1.165) is 29.0 Å². The van der Waals surface area contributed by atoms with Gasteiger partial charge < -0.3 is 10.6 Å². The van der Waals surface area contributed by atoms with Crippen LogP contribution in [0.1, 0.15) is 42.7 Å². The number of carbonyl (C=O) groups is 1. The molecule has 0 fully saturated rings. The minimum absolute atomic E-state index is 0.0277. The van der Waals surface area contributed by atoms with Gasteiger partial charge in [0, 0.05) is 11.3 Å². The summed E-state index contributed by atoms with van der Waals surface area (Å²) in [6.07, 6.45) is 0.824. The molecule has 4 rings (SSSR count). The largest absolute Gasteiger partial charge is 0.360 e. The molecule has 0 unspecified atom stereocenters. The van der Waals surface area contributed by atoms with Gasteiger partial charge in [0.1, 0.15) is 6.17 Å². The summed E-state index contributed by atoms with van der Waals surface area (Å²) in [6.45, 7) is 4.20. The lowest BCUT2D eigenvalue weighted by atomic mass is 9.97. The van der Waals surface area contributed by atoms with Crippen molar-refractivity contribution in [3.8, 4) is 0 Å². The first-order valence-corrected chi connectivity index (χ1v) is 9.94. The lowest BCUT2D eigenvalue weighted by molar-refractivity contribution is -0.127. The van der Waals surface area contributed by atoms with E-state index >= 15 is 0 Å². The number of hydrazone groups is 1. The average Bonchev–Trinajstić information content (AvgIpc) is 2.67. The van der Waals surface area contributed by atoms with Crippen LogP contribution in [0.25, 0.3) is 0 Å². The maximum atomic E-state index is 12.9. The first-order valence-electron chi connectivity index (χ1n) is 8.96. The van der Waals surface area contributed by atoms with Crippen molar-refractivity contribution in [2.45, 2.75) is 32.5 Å². The van der Waals surface area contributed by atoms with E-state index in [4.69, 9.17) is 5.10 Å². The number of nitrogens with zero attached hydrogens (tertiary/aromatic N) is 2. The molecule has 2 heterocycles. The second-order valence-corrected chi connectivity index (χ2v) is 7.59. The summed E-state index contributed by atoms with van der Waals surface area (Å²) in [7, 11) is 0. The predicted octanol–water partition coefficient (Wildman–Crippen LogP) is 3.87. The summed E-state index contributed by atoms with van der Waals surface area (Å²) in [5.41, 5.74) is 4.33. The topological polar surface area (TPSA) is 56.7 Å². The average molecular weight is 366 g/mol. The van der Waals surface area contributed by atoms with E-state index in [0.29, 0.717) is 5.17 Å². The second-order valence-electron chi connectivity index (χ2n) is 6.34. The van der Waals surface area contributed by atoms with Crippen LogP contribution >= 0.6 is 11.8 Å². The lowest BCUT2D eigenvalue weighted by Crippen LogP contribution is -2.50. The highest BCUT2D eigenvalue weighted by Gasteiger charge is 2.41. The van der Waals surface area contributed by atoms with Gasteiger partial charge in [-0.05, 0) is 29.4 Å². The molecule has 6 heteroatoms. The fraction of sp³-hybridized carbons (Fsp3) is 0.300. The van der Waals surface area contributed by atoms with Gasteiger partial charge in [0.25, 0.3) is 5.91 Å². The van der Waals surface area contributed by atoms with Gasteiger partial charge in [-0.1, -0.05) is 68.1 Å². The fourth-order valence-corrected chi connectivity index (χ4v) is 4.02. The van der Waals surface area contributed by atoms with E-state index in [1.165, 1.54) is 5.56 Å². The zero-order valence-corrected chi connectivity index (χ0v) is 15.7. The minimum atomic E-state index is -0.426. The molecular weight excluding hydrogens is 344 g/mol. The van der Waals surface area contributed by atoms with Gasteiger partial charge in [0.2, 0.25) is 0 Å². The highest BCUT2D eigenvalue weighted by molar-refractivity contribution is 8.13. The maximum absolute atomic E-state index is 12.9. The van der Waals surface area contributed by atoms with Gasteiger partial charge in [0.05, 0.1) is 0 Å². The second kappa shape index (κ2) is 7.03. The Balaban J connectivity index is 1.80. The Kier molecular flexibility index (Phi) is 4.59. The van der Waals surface area contributed by atoms with Crippen LogP contribution in [-0.2, 0) is 11.2 Å². The van der Waals surface area contributed by atoms with E-state index in [1.807, 2.05) is 29.3 Å². The van der Waals surface area contributed by atoms with Crippen molar-refractivity contribution in [2.24, 2.45) is 5.10 Å². The summed E-state index contributed by atoms with van der Waals surface area (Å²) >= 11 is 1.54. The van der Waals surface area contributed by atoms with Crippen molar-refractivity contribution < 1.29 is 4.79 Å². The zero-order chi connectivity index (χ0) is 18.1. The van der Waals surface area contributed by atoms with Crippen LogP contribution in [0, 0.1) is 0 Å². The van der Waals surface area contributed by atoms with Crippen LogP contribution in [0.5, 0.6) is 0 Å². The van der Waals surface area contributed by atoms with Crippen LogP contribution in [-0.4, -0.2) is 21.8 Å². The number of fused-ring (bicyclic) bond motifs is 3. The summed E-state index contributed by atoms with van der Waals surface area (Å²) < 4.78 is 0. The van der Waals surface area contributed by atoms with Crippen LogP contribution in [0.3, 0.4) is 0 Å². The van der Waals surface area contributed by atoms with Crippen molar-refractivity contribution >= 4 is 28.5 Å². The molecule has 2 aromatic rings. The van der Waals surface area contributed by atoms with Crippen molar-refractivity contribution in [3.63, 3.8) is 0 Å². The Morgan fingerprint density at radius 3 is 2.62 bits per heavy atom. The first-order chi connectivity index (χ1) is 12.7. The predicted molar refractivity (Wildman–Crippen MR) is 107 cm³/mol. The fourth-order valence-electron chi connectivity index (χ4n) is 3.43. The number of hydrogen-bond acceptors (Lipinski definition) is 5. The number of thioether (sulfide) groups is 1. The number of benzene rings is 2. The molecule has 26 heavy (non-hydrogen) atoms. The SMILES string of the molecule is CCSC1=NN2[C@H](c3ccc(CC)cc3)Nc3ccccc3[C@@H]2C(=O)N1. The maximum Gasteiger partial charge on any atom is 0.255 e. The van der Waals surface area contributed by atoms with E-state index in [2.05, 4.69) is 48.7 Å². The summed E-state index contributed by atoms with van der Waals surface area (Å²) in [5, 5.41) is 13.8. The van der Waals surface area contributed by atoms with Gasteiger partial charge in [-0.25, -0.2) is 0 Å². The third-order valence-corrected chi connectivity index (χ3v) is 5.49. The van der Waals surface area contributed by atoms with E-state index in [1.54, 1.807) is 11.8 Å². The number of carbonyl (C=O) groups excluding carboxylic acids is 1. The number of aryl methyl sites for hydroxylation is 1. The van der Waals surface area contributed by atoms with Crippen molar-refractivity contribution in [2.75, 3.05) is 11.1 Å². The van der Waals surface area contributed by atoms with Gasteiger partial charge in [-0.3, -0.25) is 9.80 Å². The van der Waals surface area contributed by atoms with Crippen molar-refractivity contribution in [3.05, 3.63) is 65.2 Å². The Labute approximate surface area is 157 Å². The highest BCUT2D eigenvalue weighted by atomic mass is 32.2. The molecule has 0 saturated carbocycles. The van der Waals surface area contributed by atoms with Crippen LogP contribution in [0.4, 0.5) is 5.69 Å². The number of amidine groups is 1. The molecule has 5 nitrogen and oxygen atoms in total. The number of rotatable bonds is 3. The smallest absolute Gasteiger partial charge is 0.255 e. The summed E-state index contributed by atoms with van der Waals surface area (Å²) in [6, 6.07) is 16.1. The quantitative estimate of drug-likeness (QED) is 0.866. The molecule has 2 aromatic carbocycles. The highest BCUT2D eigenvalue weighted by Crippen LogP contribution is 2.42. The first kappa shape index (κ1) is 17.0. The summed E-state index contributed by atoms with van der Waals surface area (Å²) in [5.74, 6) is 0.831. The van der Waals surface area contributed by atoms with Gasteiger partial charge >= 0.3 is 0 Å². The molecule has 0 radical (unpaired) electrons. The lowest BCUT2D eigenvalue weighted by Gasteiger charge is -2.43. The Morgan fingerprint density at radius 2 is 1.88 bits per heavy atom. The molecule has 1 amide bonds. The van der Waals surface area contributed by atoms with Crippen molar-refractivity contribution in [1.29, 1.82) is 0 Å². The third-order valence-electron chi connectivity index (χ3n) is 4.75. The molecule has 2 atom stereocenters. The zero-order valence-electron chi connectivity index (χ0n) is 14.9. The van der Waals surface area contributed by atoms with E-state index in [-0.39, 0.29) is 12.1 Å². The molecule has 0 saturated heterocycles. The number of para-hydroxylation sites is 1. The number of amides is 1. The Morgan fingerprint density at radius 1 is 1.12 bits per heavy atom.